The van der Waals surface area contributed by atoms with Gasteiger partial charge in [-0.05, 0) is 29.8 Å². The molecule has 0 radical (unpaired) electrons. The summed E-state index contributed by atoms with van der Waals surface area (Å²) in [6.07, 6.45) is 5.13. The Morgan fingerprint density at radius 1 is 1.36 bits per heavy atom. The number of aromatic nitrogens is 2. The smallest absolute Gasteiger partial charge is 0.325 e. The van der Waals surface area contributed by atoms with Gasteiger partial charge in [-0.25, -0.2) is 14.5 Å². The molecule has 4 amide bonds. The lowest BCUT2D eigenvalue weighted by Crippen LogP contribution is -2.41. The third-order valence-electron chi connectivity index (χ3n) is 3.33. The molecule has 1 saturated heterocycles. The Labute approximate surface area is 127 Å². The molecule has 7 heteroatoms. The molecule has 3 heterocycles. The second-order valence-electron chi connectivity index (χ2n) is 4.83. The van der Waals surface area contributed by atoms with E-state index in [0.29, 0.717) is 19.6 Å². The summed E-state index contributed by atoms with van der Waals surface area (Å²) in [4.78, 5) is 32.8. The lowest BCUT2D eigenvalue weighted by atomic mass is 10.1. The lowest BCUT2D eigenvalue weighted by molar-refractivity contribution is 0.198. The van der Waals surface area contributed by atoms with Crippen molar-refractivity contribution in [2.75, 3.05) is 13.1 Å². The van der Waals surface area contributed by atoms with E-state index in [4.69, 9.17) is 0 Å². The molecular weight excluding hydrogens is 282 g/mol. The summed E-state index contributed by atoms with van der Waals surface area (Å²) >= 11 is 0. The largest absolute Gasteiger partial charge is 0.336 e. The van der Waals surface area contributed by atoms with Crippen LogP contribution in [-0.2, 0) is 6.54 Å². The Morgan fingerprint density at radius 2 is 2.27 bits per heavy atom. The third-order valence-corrected chi connectivity index (χ3v) is 3.33. The van der Waals surface area contributed by atoms with Gasteiger partial charge in [0.15, 0.2) is 0 Å². The van der Waals surface area contributed by atoms with E-state index in [2.05, 4.69) is 20.6 Å². The van der Waals surface area contributed by atoms with Gasteiger partial charge >= 0.3 is 12.1 Å². The molecule has 0 saturated carbocycles. The average molecular weight is 297 g/mol. The topological polar surface area (TPSA) is 87.2 Å². The van der Waals surface area contributed by atoms with Gasteiger partial charge in [0.2, 0.25) is 0 Å². The number of hydrogen-bond acceptors (Lipinski definition) is 4. The number of nitrogens with zero attached hydrogens (tertiary/aromatic N) is 3. The zero-order valence-electron chi connectivity index (χ0n) is 11.8. The zero-order chi connectivity index (χ0) is 15.4. The fourth-order valence-electron chi connectivity index (χ4n) is 2.19. The van der Waals surface area contributed by atoms with Crippen LogP contribution in [0.3, 0.4) is 0 Å². The standard InChI is InChI=1S/C15H15N5O2/c21-14-18-6-7-20(14)15(22)19-9-11-3-5-17-13(8-11)12-2-1-4-16-10-12/h1-5,8,10H,6-7,9H2,(H,18,21)(H,19,22). The summed E-state index contributed by atoms with van der Waals surface area (Å²) in [5.74, 6) is 0. The number of rotatable bonds is 3. The first kappa shape index (κ1) is 14.0. The van der Waals surface area contributed by atoms with Crippen LogP contribution in [0, 0.1) is 0 Å². The first-order valence-electron chi connectivity index (χ1n) is 6.92. The minimum absolute atomic E-state index is 0.332. The number of amides is 4. The first-order valence-corrected chi connectivity index (χ1v) is 6.92. The molecule has 112 valence electrons. The third kappa shape index (κ3) is 3.03. The van der Waals surface area contributed by atoms with E-state index in [0.717, 1.165) is 21.7 Å². The second kappa shape index (κ2) is 6.21. The summed E-state index contributed by atoms with van der Waals surface area (Å²) < 4.78 is 0. The lowest BCUT2D eigenvalue weighted by Gasteiger charge is -2.13. The predicted octanol–water partition coefficient (Wildman–Crippen LogP) is 1.38. The molecule has 2 aromatic heterocycles. The highest BCUT2D eigenvalue weighted by atomic mass is 16.2. The van der Waals surface area contributed by atoms with E-state index in [-0.39, 0.29) is 6.03 Å². The van der Waals surface area contributed by atoms with Crippen LogP contribution in [-0.4, -0.2) is 40.0 Å². The Bertz CT molecular complexity index is 689. The molecular formula is C15H15N5O2. The number of urea groups is 2. The molecule has 0 unspecified atom stereocenters. The van der Waals surface area contributed by atoms with Gasteiger partial charge in [-0.1, -0.05) is 0 Å². The molecule has 1 aliphatic rings. The molecule has 0 atom stereocenters. The quantitative estimate of drug-likeness (QED) is 0.896. The minimum atomic E-state index is -0.394. The van der Waals surface area contributed by atoms with Crippen LogP contribution in [0.4, 0.5) is 9.59 Å². The Morgan fingerprint density at radius 3 is 3.00 bits per heavy atom. The van der Waals surface area contributed by atoms with Gasteiger partial charge in [-0.2, -0.15) is 0 Å². The number of nitrogens with one attached hydrogen (secondary N) is 2. The van der Waals surface area contributed by atoms with E-state index in [1.165, 1.54) is 0 Å². The number of imide groups is 1. The van der Waals surface area contributed by atoms with E-state index in [9.17, 15) is 9.59 Å². The molecule has 1 fully saturated rings. The van der Waals surface area contributed by atoms with Crippen molar-refractivity contribution in [3.63, 3.8) is 0 Å². The average Bonchev–Trinajstić information content (AvgIpc) is 3.00. The zero-order valence-corrected chi connectivity index (χ0v) is 11.8. The summed E-state index contributed by atoms with van der Waals surface area (Å²) in [7, 11) is 0. The molecule has 0 aromatic carbocycles. The van der Waals surface area contributed by atoms with Gasteiger partial charge in [0.05, 0.1) is 5.69 Å². The van der Waals surface area contributed by atoms with Crippen LogP contribution in [0.2, 0.25) is 0 Å². The maximum Gasteiger partial charge on any atom is 0.325 e. The highest BCUT2D eigenvalue weighted by Crippen LogP contribution is 2.16. The molecule has 3 rings (SSSR count). The van der Waals surface area contributed by atoms with Crippen LogP contribution < -0.4 is 10.6 Å². The van der Waals surface area contributed by atoms with Crippen molar-refractivity contribution in [3.05, 3.63) is 48.4 Å². The van der Waals surface area contributed by atoms with E-state index < -0.39 is 6.03 Å². The molecule has 0 bridgehead atoms. The maximum atomic E-state index is 11.9. The summed E-state index contributed by atoms with van der Waals surface area (Å²) in [5.41, 5.74) is 2.61. The van der Waals surface area contributed by atoms with Gasteiger partial charge in [-0.15, -0.1) is 0 Å². The van der Waals surface area contributed by atoms with Crippen molar-refractivity contribution in [1.29, 1.82) is 0 Å². The molecule has 0 aliphatic carbocycles. The second-order valence-corrected chi connectivity index (χ2v) is 4.83. The van der Waals surface area contributed by atoms with Crippen molar-refractivity contribution < 1.29 is 9.59 Å². The molecule has 2 aromatic rings. The van der Waals surface area contributed by atoms with Crippen molar-refractivity contribution >= 4 is 12.1 Å². The van der Waals surface area contributed by atoms with E-state index in [1.54, 1.807) is 18.6 Å². The first-order chi connectivity index (χ1) is 10.7. The number of hydrogen-bond donors (Lipinski definition) is 2. The van der Waals surface area contributed by atoms with Crippen molar-refractivity contribution in [3.8, 4) is 11.3 Å². The highest BCUT2D eigenvalue weighted by Gasteiger charge is 2.25. The Kier molecular flexibility index (Phi) is 3.95. The van der Waals surface area contributed by atoms with Gasteiger partial charge in [0.1, 0.15) is 0 Å². The normalized spacial score (nSPS) is 13.8. The monoisotopic (exact) mass is 297 g/mol. The van der Waals surface area contributed by atoms with Gasteiger partial charge in [0, 0.05) is 43.8 Å². The van der Waals surface area contributed by atoms with Crippen LogP contribution >= 0.6 is 0 Å². The molecule has 2 N–H and O–H groups in total. The molecule has 22 heavy (non-hydrogen) atoms. The number of pyridine rings is 2. The van der Waals surface area contributed by atoms with Crippen LogP contribution in [0.5, 0.6) is 0 Å². The van der Waals surface area contributed by atoms with Crippen molar-refractivity contribution in [2.24, 2.45) is 0 Å². The fourth-order valence-corrected chi connectivity index (χ4v) is 2.19. The number of carbonyl (C=O) groups excluding carboxylic acids is 2. The fraction of sp³-hybridized carbons (Fsp3) is 0.200. The Hall–Kier alpha value is -2.96. The van der Waals surface area contributed by atoms with Crippen LogP contribution in [0.25, 0.3) is 11.3 Å². The Balaban J connectivity index is 1.66. The molecule has 0 spiro atoms. The maximum absolute atomic E-state index is 11.9. The SMILES string of the molecule is O=C1NCCN1C(=O)NCc1ccnc(-c2cccnc2)c1. The predicted molar refractivity (Wildman–Crippen MR) is 79.8 cm³/mol. The van der Waals surface area contributed by atoms with Crippen molar-refractivity contribution in [1.82, 2.24) is 25.5 Å². The summed E-state index contributed by atoms with van der Waals surface area (Å²) in [6, 6.07) is 6.73. The van der Waals surface area contributed by atoms with Gasteiger partial charge in [-0.3, -0.25) is 9.97 Å². The molecule has 7 nitrogen and oxygen atoms in total. The highest BCUT2D eigenvalue weighted by molar-refractivity contribution is 5.94. The minimum Gasteiger partial charge on any atom is -0.336 e. The van der Waals surface area contributed by atoms with Crippen LogP contribution in [0.15, 0.2) is 42.9 Å². The molecule has 1 aliphatic heterocycles. The van der Waals surface area contributed by atoms with Crippen molar-refractivity contribution in [2.45, 2.75) is 6.54 Å². The van der Waals surface area contributed by atoms with E-state index >= 15 is 0 Å². The van der Waals surface area contributed by atoms with Crippen LogP contribution in [0.1, 0.15) is 5.56 Å². The van der Waals surface area contributed by atoms with Gasteiger partial charge in [0.25, 0.3) is 0 Å². The summed E-state index contributed by atoms with van der Waals surface area (Å²) in [6.45, 7) is 1.22. The number of carbonyl (C=O) groups is 2. The summed E-state index contributed by atoms with van der Waals surface area (Å²) in [5, 5.41) is 5.32. The van der Waals surface area contributed by atoms with E-state index in [1.807, 2.05) is 24.3 Å². The van der Waals surface area contributed by atoms with Gasteiger partial charge < -0.3 is 10.6 Å².